The van der Waals surface area contributed by atoms with E-state index in [9.17, 15) is 0 Å². The molecular weight excluding hydrogens is 348 g/mol. The number of benzene rings is 1. The van der Waals surface area contributed by atoms with Gasteiger partial charge in [0.1, 0.15) is 11.9 Å². The summed E-state index contributed by atoms with van der Waals surface area (Å²) in [7, 11) is 0. The molecule has 0 spiro atoms. The number of nitrogens with two attached hydrogens (primary N) is 1. The molecule has 0 bridgehead atoms. The van der Waals surface area contributed by atoms with Crippen molar-refractivity contribution >= 4 is 57.7 Å². The lowest BCUT2D eigenvalue weighted by Crippen LogP contribution is -2.17. The molecule has 1 atom stereocenters. The molecule has 0 aliphatic rings. The van der Waals surface area contributed by atoms with Crippen molar-refractivity contribution in [3.05, 3.63) is 48.5 Å². The monoisotopic (exact) mass is 355 g/mol. The molecule has 0 amide bonds. The van der Waals surface area contributed by atoms with Gasteiger partial charge in [-0.15, -0.1) is 11.3 Å². The molecular formula is C12H9Cl4NOS. The van der Waals surface area contributed by atoms with Crippen LogP contribution in [-0.4, -0.2) is 6.54 Å². The lowest BCUT2D eigenvalue weighted by molar-refractivity contribution is 0.218. The van der Waals surface area contributed by atoms with Crippen molar-refractivity contribution in [2.45, 2.75) is 6.10 Å². The van der Waals surface area contributed by atoms with E-state index in [4.69, 9.17) is 56.9 Å². The van der Waals surface area contributed by atoms with Gasteiger partial charge in [-0.25, -0.2) is 0 Å². The maximum atomic E-state index is 6.06. The van der Waals surface area contributed by atoms with Crippen LogP contribution in [0.1, 0.15) is 11.0 Å². The predicted octanol–water partition coefficient (Wildman–Crippen LogP) is 5.44. The number of hydrogen-bond donors (Lipinski definition) is 1. The maximum absolute atomic E-state index is 6.06. The zero-order valence-corrected chi connectivity index (χ0v) is 13.3. The van der Waals surface area contributed by atoms with E-state index < -0.39 is 0 Å². The summed E-state index contributed by atoms with van der Waals surface area (Å²) in [6.07, 6.45) is -0.327. The summed E-state index contributed by atoms with van der Waals surface area (Å²) in [6.45, 7) is 0.299. The molecule has 0 saturated heterocycles. The van der Waals surface area contributed by atoms with Crippen LogP contribution in [0, 0.1) is 0 Å². The SMILES string of the molecule is NCC(Oc1cc(Cl)c(Cl)cc1Cl)c1ccc(Cl)s1. The number of halogens is 4. The van der Waals surface area contributed by atoms with Crippen LogP contribution in [0.2, 0.25) is 19.4 Å². The Labute approximate surface area is 135 Å². The highest BCUT2D eigenvalue weighted by molar-refractivity contribution is 7.16. The van der Waals surface area contributed by atoms with E-state index in [1.807, 2.05) is 6.07 Å². The van der Waals surface area contributed by atoms with Crippen LogP contribution in [0.25, 0.3) is 0 Å². The standard InChI is InChI=1S/C12H9Cl4NOS/c13-6-3-8(15)9(4-7(6)14)18-10(5-17)11-1-2-12(16)19-11/h1-4,10H,5,17H2. The van der Waals surface area contributed by atoms with Gasteiger partial charge in [0.15, 0.2) is 0 Å². The van der Waals surface area contributed by atoms with Crippen molar-refractivity contribution in [2.75, 3.05) is 6.54 Å². The Kier molecular flexibility index (Phi) is 5.23. The molecule has 102 valence electrons. The summed E-state index contributed by atoms with van der Waals surface area (Å²) in [6, 6.07) is 6.78. The van der Waals surface area contributed by atoms with E-state index in [-0.39, 0.29) is 6.10 Å². The third-order valence-corrected chi connectivity index (χ3v) is 4.71. The molecule has 0 radical (unpaired) electrons. The molecule has 1 unspecified atom stereocenters. The van der Waals surface area contributed by atoms with Gasteiger partial charge in [0.2, 0.25) is 0 Å². The van der Waals surface area contributed by atoms with Gasteiger partial charge in [0.05, 0.1) is 19.4 Å². The van der Waals surface area contributed by atoms with Crippen LogP contribution in [0.3, 0.4) is 0 Å². The third kappa shape index (κ3) is 3.69. The summed E-state index contributed by atoms with van der Waals surface area (Å²) in [4.78, 5) is 0.926. The average Bonchev–Trinajstić information content (AvgIpc) is 2.78. The minimum absolute atomic E-state index is 0.299. The van der Waals surface area contributed by atoms with Crippen LogP contribution in [0.5, 0.6) is 5.75 Å². The van der Waals surface area contributed by atoms with Crippen LogP contribution < -0.4 is 10.5 Å². The number of ether oxygens (including phenoxy) is 1. The molecule has 0 aliphatic carbocycles. The molecule has 7 heteroatoms. The first-order valence-corrected chi connectivity index (χ1v) is 7.60. The topological polar surface area (TPSA) is 35.2 Å². The van der Waals surface area contributed by atoms with Crippen molar-refractivity contribution in [1.82, 2.24) is 0 Å². The van der Waals surface area contributed by atoms with Crippen LogP contribution in [0.4, 0.5) is 0 Å². The first-order chi connectivity index (χ1) is 9.01. The summed E-state index contributed by atoms with van der Waals surface area (Å²) in [5, 5.41) is 1.14. The normalized spacial score (nSPS) is 12.5. The quantitative estimate of drug-likeness (QED) is 0.740. The van der Waals surface area contributed by atoms with E-state index in [2.05, 4.69) is 0 Å². The van der Waals surface area contributed by atoms with Gasteiger partial charge in [-0.05, 0) is 18.2 Å². The number of rotatable bonds is 4. The zero-order valence-electron chi connectivity index (χ0n) is 9.50. The third-order valence-electron chi connectivity index (χ3n) is 2.37. The highest BCUT2D eigenvalue weighted by Gasteiger charge is 2.16. The van der Waals surface area contributed by atoms with E-state index in [0.29, 0.717) is 31.7 Å². The minimum Gasteiger partial charge on any atom is -0.482 e. The van der Waals surface area contributed by atoms with Crippen LogP contribution in [0.15, 0.2) is 24.3 Å². The van der Waals surface area contributed by atoms with Crippen molar-refractivity contribution < 1.29 is 4.74 Å². The lowest BCUT2D eigenvalue weighted by Gasteiger charge is -2.17. The Bertz CT molecular complexity index is 587. The molecule has 1 heterocycles. The van der Waals surface area contributed by atoms with Gasteiger partial charge in [0, 0.05) is 17.5 Å². The highest BCUT2D eigenvalue weighted by atomic mass is 35.5. The van der Waals surface area contributed by atoms with E-state index in [0.717, 1.165) is 4.88 Å². The Hall–Kier alpha value is -0.160. The van der Waals surface area contributed by atoms with Gasteiger partial charge in [0.25, 0.3) is 0 Å². The summed E-state index contributed by atoms with van der Waals surface area (Å²) < 4.78 is 6.46. The molecule has 1 aromatic carbocycles. The summed E-state index contributed by atoms with van der Waals surface area (Å²) in [5.74, 6) is 0.441. The minimum atomic E-state index is -0.327. The fraction of sp³-hybridized carbons (Fsp3) is 0.167. The maximum Gasteiger partial charge on any atom is 0.145 e. The van der Waals surface area contributed by atoms with Gasteiger partial charge >= 0.3 is 0 Å². The molecule has 19 heavy (non-hydrogen) atoms. The van der Waals surface area contributed by atoms with Crippen LogP contribution in [-0.2, 0) is 0 Å². The van der Waals surface area contributed by atoms with Gasteiger partial charge in [-0.2, -0.15) is 0 Å². The summed E-state index contributed by atoms with van der Waals surface area (Å²) in [5.41, 5.74) is 5.72. The second kappa shape index (κ2) is 6.53. The van der Waals surface area contributed by atoms with Crippen molar-refractivity contribution in [2.24, 2.45) is 5.73 Å². The zero-order chi connectivity index (χ0) is 14.0. The van der Waals surface area contributed by atoms with Crippen molar-refractivity contribution in [1.29, 1.82) is 0 Å². The Balaban J connectivity index is 2.26. The van der Waals surface area contributed by atoms with Gasteiger partial charge < -0.3 is 10.5 Å². The van der Waals surface area contributed by atoms with Gasteiger partial charge in [-0.1, -0.05) is 46.4 Å². The Morgan fingerprint density at radius 1 is 1.05 bits per heavy atom. The molecule has 2 N–H and O–H groups in total. The molecule has 2 aromatic rings. The summed E-state index contributed by atoms with van der Waals surface area (Å²) >= 11 is 25.2. The first kappa shape index (κ1) is 15.2. The van der Waals surface area contributed by atoms with Crippen molar-refractivity contribution in [3.8, 4) is 5.75 Å². The van der Waals surface area contributed by atoms with Crippen molar-refractivity contribution in [3.63, 3.8) is 0 Å². The molecule has 2 rings (SSSR count). The smallest absolute Gasteiger partial charge is 0.145 e. The second-order valence-electron chi connectivity index (χ2n) is 3.68. The number of hydrogen-bond acceptors (Lipinski definition) is 3. The average molecular weight is 357 g/mol. The van der Waals surface area contributed by atoms with Gasteiger partial charge in [-0.3, -0.25) is 0 Å². The predicted molar refractivity (Wildman–Crippen MR) is 83.2 cm³/mol. The Morgan fingerprint density at radius 2 is 1.74 bits per heavy atom. The van der Waals surface area contributed by atoms with E-state index >= 15 is 0 Å². The Morgan fingerprint density at radius 3 is 2.32 bits per heavy atom. The molecule has 0 saturated carbocycles. The largest absolute Gasteiger partial charge is 0.482 e. The van der Waals surface area contributed by atoms with E-state index in [1.54, 1.807) is 12.1 Å². The van der Waals surface area contributed by atoms with Crippen LogP contribution >= 0.6 is 57.7 Å². The molecule has 1 aromatic heterocycles. The molecule has 0 aliphatic heterocycles. The van der Waals surface area contributed by atoms with E-state index in [1.165, 1.54) is 17.4 Å². The lowest BCUT2D eigenvalue weighted by atomic mass is 10.3. The fourth-order valence-corrected chi connectivity index (χ4v) is 3.16. The first-order valence-electron chi connectivity index (χ1n) is 5.27. The second-order valence-corrected chi connectivity index (χ2v) is 6.65. The molecule has 0 fully saturated rings. The number of thiophene rings is 1. The highest BCUT2D eigenvalue weighted by Crippen LogP contribution is 2.37. The molecule has 2 nitrogen and oxygen atoms in total. The fourth-order valence-electron chi connectivity index (χ4n) is 1.47.